The Morgan fingerprint density at radius 3 is 1.44 bits per heavy atom. The van der Waals surface area contributed by atoms with Crippen molar-refractivity contribution >= 4 is 41.8 Å². The number of carbonyl (C=O) groups excluding carboxylic acids is 6. The van der Waals surface area contributed by atoms with Crippen molar-refractivity contribution in [3.8, 4) is 11.1 Å². The molecule has 1 heterocycles. The molecule has 1 aliphatic heterocycles. The average molecular weight is 960 g/mol. The van der Waals surface area contributed by atoms with Crippen LogP contribution >= 0.6 is 0 Å². The molecular weight excluding hydrogens is 911 g/mol. The molecule has 71 heavy (non-hydrogen) atoms. The minimum atomic E-state index is -1.78. The molecule has 0 aromatic heterocycles. The van der Waals surface area contributed by atoms with Crippen molar-refractivity contribution in [2.75, 3.05) is 13.2 Å². The zero-order valence-corrected chi connectivity index (χ0v) is 38.5. The number of amidine groups is 1. The Morgan fingerprint density at radius 2 is 0.958 bits per heavy atom. The fourth-order valence-electron chi connectivity index (χ4n) is 8.28. The fraction of sp³-hybridized carbons (Fsp3) is 0.218. The van der Waals surface area contributed by atoms with Crippen molar-refractivity contribution in [1.29, 1.82) is 0 Å². The molecule has 6 aromatic carbocycles. The summed E-state index contributed by atoms with van der Waals surface area (Å²) in [6.07, 6.45) is -9.36. The highest BCUT2D eigenvalue weighted by atomic mass is 16.7. The lowest BCUT2D eigenvalue weighted by atomic mass is 9.93. The molecule has 0 saturated carbocycles. The Balaban J connectivity index is 1.09. The smallest absolute Gasteiger partial charge is 0.407 e. The first-order valence-electron chi connectivity index (χ1n) is 22.8. The van der Waals surface area contributed by atoms with Crippen LogP contribution in [0.15, 0.2) is 175 Å². The highest BCUT2D eigenvalue weighted by Crippen LogP contribution is 2.44. The third-order valence-electron chi connectivity index (χ3n) is 11.9. The summed E-state index contributed by atoms with van der Waals surface area (Å²) in [6.45, 7) is 2.67. The number of hydrogen-bond donors (Lipinski definition) is 2. The summed E-state index contributed by atoms with van der Waals surface area (Å²) in [5.41, 5.74) is 11.1. The van der Waals surface area contributed by atoms with Crippen LogP contribution in [-0.2, 0) is 38.1 Å². The predicted molar refractivity (Wildman–Crippen MR) is 257 cm³/mol. The number of nitrogens with two attached hydrogens (primary N) is 1. The van der Waals surface area contributed by atoms with Crippen LogP contribution in [0, 0.1) is 5.92 Å². The van der Waals surface area contributed by atoms with E-state index in [1.807, 2.05) is 48.5 Å². The number of nitrogens with one attached hydrogen (secondary N) is 1. The first kappa shape index (κ1) is 48.8. The fourth-order valence-corrected chi connectivity index (χ4v) is 8.28. The quantitative estimate of drug-likeness (QED) is 0.0238. The molecule has 16 heteroatoms. The van der Waals surface area contributed by atoms with E-state index in [-0.39, 0.29) is 34.8 Å². The molecular formula is C55H49N3O13. The molecule has 0 radical (unpaired) electrons. The predicted octanol–water partition coefficient (Wildman–Crippen LogP) is 7.67. The first-order chi connectivity index (χ1) is 34.5. The van der Waals surface area contributed by atoms with Crippen LogP contribution in [0.4, 0.5) is 4.79 Å². The summed E-state index contributed by atoms with van der Waals surface area (Å²) >= 11 is 0. The van der Waals surface area contributed by atoms with Crippen molar-refractivity contribution in [3.05, 3.63) is 203 Å². The monoisotopic (exact) mass is 959 g/mol. The number of ether oxygens (including phenoxy) is 6. The standard InChI is InChI=1S/C55H49N3O13/c1-33(2)44(57-55(64)66-31-42-40-29-17-15-27-38(40)39-28-16-18-30-41(39)42)54(63)71-58-49(56)48-47(70-53(62)37-25-13-6-14-26-37)46(69-52(61)36-23-11-5-12-24-36)45(68-51(60)35-21-9-4-10-22-35)43(67-48)32-65-50(59)34-19-7-3-8-20-34/h3-30,33,42-48H,31-32H2,1-2H3,(H2,56,58)(H,57,64)/t43-,44+,45-,46+,47-,48-/m1/s1. The second kappa shape index (κ2) is 22.7. The number of amides is 1. The maximum atomic E-state index is 14.0. The third-order valence-corrected chi connectivity index (χ3v) is 11.9. The van der Waals surface area contributed by atoms with E-state index in [1.165, 1.54) is 48.5 Å². The second-order valence-corrected chi connectivity index (χ2v) is 16.9. The molecule has 1 aliphatic carbocycles. The van der Waals surface area contributed by atoms with Gasteiger partial charge in [0.15, 0.2) is 30.3 Å². The first-order valence-corrected chi connectivity index (χ1v) is 22.8. The second-order valence-electron chi connectivity index (χ2n) is 16.9. The van der Waals surface area contributed by atoms with Gasteiger partial charge in [-0.15, -0.1) is 0 Å². The number of rotatable bonds is 16. The Labute approximate surface area is 408 Å². The van der Waals surface area contributed by atoms with Crippen molar-refractivity contribution < 1.29 is 62.0 Å². The van der Waals surface area contributed by atoms with Crippen LogP contribution in [0.1, 0.15) is 72.3 Å². The summed E-state index contributed by atoms with van der Waals surface area (Å²) in [4.78, 5) is 87.8. The molecule has 6 aromatic rings. The molecule has 1 fully saturated rings. The van der Waals surface area contributed by atoms with Crippen molar-refractivity contribution in [2.24, 2.45) is 16.8 Å². The lowest BCUT2D eigenvalue weighted by Gasteiger charge is -2.44. The van der Waals surface area contributed by atoms with E-state index >= 15 is 0 Å². The van der Waals surface area contributed by atoms with Crippen molar-refractivity contribution in [3.63, 3.8) is 0 Å². The third kappa shape index (κ3) is 11.6. The number of esters is 4. The lowest BCUT2D eigenvalue weighted by molar-refractivity contribution is -0.213. The van der Waals surface area contributed by atoms with Gasteiger partial charge in [0.05, 0.1) is 22.3 Å². The number of alkyl carbamates (subject to hydrolysis) is 1. The van der Waals surface area contributed by atoms with Gasteiger partial charge in [-0.1, -0.05) is 140 Å². The van der Waals surface area contributed by atoms with Gasteiger partial charge in [0, 0.05) is 5.92 Å². The highest BCUT2D eigenvalue weighted by molar-refractivity contribution is 5.93. The highest BCUT2D eigenvalue weighted by Gasteiger charge is 2.54. The van der Waals surface area contributed by atoms with Gasteiger partial charge in [-0.2, -0.15) is 0 Å². The van der Waals surface area contributed by atoms with E-state index in [9.17, 15) is 28.8 Å². The van der Waals surface area contributed by atoms with E-state index in [0.29, 0.717) is 0 Å². The van der Waals surface area contributed by atoms with Crippen LogP contribution in [0.25, 0.3) is 11.1 Å². The number of oxime groups is 1. The summed E-state index contributed by atoms with van der Waals surface area (Å²) in [5, 5.41) is 6.48. The van der Waals surface area contributed by atoms with E-state index in [1.54, 1.807) is 86.6 Å². The van der Waals surface area contributed by atoms with Crippen LogP contribution in [-0.4, -0.2) is 91.6 Å². The molecule has 1 amide bonds. The maximum Gasteiger partial charge on any atom is 0.407 e. The number of nitrogens with zero attached hydrogens (tertiary/aromatic N) is 1. The van der Waals surface area contributed by atoms with Gasteiger partial charge in [0.25, 0.3) is 0 Å². The van der Waals surface area contributed by atoms with Gasteiger partial charge in [0.1, 0.15) is 25.4 Å². The van der Waals surface area contributed by atoms with Crippen molar-refractivity contribution in [1.82, 2.24) is 5.32 Å². The molecule has 8 rings (SSSR count). The Kier molecular flexibility index (Phi) is 15.6. The number of fused-ring (bicyclic) bond motifs is 3. The van der Waals surface area contributed by atoms with Crippen molar-refractivity contribution in [2.45, 2.75) is 56.3 Å². The molecule has 3 N–H and O–H groups in total. The normalized spacial score (nSPS) is 18.7. The van der Waals surface area contributed by atoms with Crippen LogP contribution in [0.5, 0.6) is 0 Å². The zero-order chi connectivity index (χ0) is 49.9. The number of benzene rings is 6. The molecule has 16 nitrogen and oxygen atoms in total. The topological polar surface area (TPSA) is 217 Å². The molecule has 1 saturated heterocycles. The van der Waals surface area contributed by atoms with Gasteiger partial charge in [-0.3, -0.25) is 0 Å². The molecule has 2 aliphatic rings. The number of carbonyl (C=O) groups is 6. The van der Waals surface area contributed by atoms with Gasteiger partial charge < -0.3 is 44.3 Å². The van der Waals surface area contributed by atoms with Gasteiger partial charge in [-0.25, -0.2) is 28.8 Å². The van der Waals surface area contributed by atoms with E-state index in [4.69, 9.17) is 39.0 Å². The van der Waals surface area contributed by atoms with E-state index in [0.717, 1.165) is 22.3 Å². The molecule has 0 bridgehead atoms. The molecule has 362 valence electrons. The molecule has 6 atom stereocenters. The Hall–Kier alpha value is -8.63. The Morgan fingerprint density at radius 1 is 0.535 bits per heavy atom. The van der Waals surface area contributed by atoms with Gasteiger partial charge >= 0.3 is 35.9 Å². The maximum absolute atomic E-state index is 14.0. The summed E-state index contributed by atoms with van der Waals surface area (Å²) in [5.74, 6) is -6.04. The van der Waals surface area contributed by atoms with Gasteiger partial charge in [-0.05, 0) is 76.7 Å². The summed E-state index contributed by atoms with van der Waals surface area (Å²) < 4.78 is 36.1. The van der Waals surface area contributed by atoms with E-state index in [2.05, 4.69) is 10.5 Å². The molecule has 0 unspecified atom stereocenters. The summed E-state index contributed by atoms with van der Waals surface area (Å²) in [6, 6.07) is 45.9. The average Bonchev–Trinajstić information content (AvgIpc) is 3.73. The number of hydrogen-bond acceptors (Lipinski definition) is 14. The lowest BCUT2D eigenvalue weighted by Crippen LogP contribution is -2.65. The van der Waals surface area contributed by atoms with Crippen LogP contribution in [0.2, 0.25) is 0 Å². The summed E-state index contributed by atoms with van der Waals surface area (Å²) in [7, 11) is 0. The van der Waals surface area contributed by atoms with Gasteiger partial charge in [0.2, 0.25) is 0 Å². The minimum Gasteiger partial charge on any atom is -0.459 e. The largest absolute Gasteiger partial charge is 0.459 e. The van der Waals surface area contributed by atoms with Crippen LogP contribution in [0.3, 0.4) is 0 Å². The zero-order valence-electron chi connectivity index (χ0n) is 38.5. The molecule has 0 spiro atoms. The van der Waals surface area contributed by atoms with E-state index < -0.39 is 90.9 Å². The minimum absolute atomic E-state index is 0.0214. The SMILES string of the molecule is CC(C)[C@H](NC(=O)OCC1c2ccccc2-c2ccccc21)C(=O)O/N=C(\N)[C@@H]1O[C@H](COC(=O)c2ccccc2)[C@@H](OC(=O)c2ccccc2)[C@H](OC(=O)c2ccccc2)[C@H]1OC(=O)c1ccccc1. The van der Waals surface area contributed by atoms with Crippen LogP contribution < -0.4 is 11.1 Å². The Bertz CT molecular complexity index is 2840.